The molecule has 1 heterocycles. The molecule has 37 heavy (non-hydrogen) atoms. The number of benzene rings is 2. The maximum Gasteiger partial charge on any atom is 0.264 e. The largest absolute Gasteiger partial charge is 0.483 e. The second-order valence-corrected chi connectivity index (χ2v) is 11.7. The SMILES string of the molecule is C[C@@H]1CN(Cc2ccc(F)cc2)CCN1C(=O)COc1ccc(Cl)cc1CS(=O)(=O)NC(=O)C(C)(C)O. The van der Waals surface area contributed by atoms with Crippen LogP contribution in [0.5, 0.6) is 5.75 Å². The third kappa shape index (κ3) is 8.39. The first-order valence-corrected chi connectivity index (χ1v) is 13.7. The fourth-order valence-electron chi connectivity index (χ4n) is 3.93. The van der Waals surface area contributed by atoms with Crippen LogP contribution in [-0.4, -0.2) is 73.0 Å². The highest BCUT2D eigenvalue weighted by molar-refractivity contribution is 7.89. The van der Waals surface area contributed by atoms with Gasteiger partial charge in [0.1, 0.15) is 17.2 Å². The fraction of sp³-hybridized carbons (Fsp3) is 0.440. The Hall–Kier alpha value is -2.73. The van der Waals surface area contributed by atoms with Gasteiger partial charge in [0, 0.05) is 42.8 Å². The molecule has 12 heteroatoms. The zero-order chi connectivity index (χ0) is 27.4. The van der Waals surface area contributed by atoms with Crippen molar-refractivity contribution in [3.05, 3.63) is 64.4 Å². The molecule has 3 rings (SSSR count). The van der Waals surface area contributed by atoms with Crippen LogP contribution in [-0.2, 0) is 31.9 Å². The van der Waals surface area contributed by atoms with Crippen LogP contribution < -0.4 is 9.46 Å². The quantitative estimate of drug-likeness (QED) is 0.488. The van der Waals surface area contributed by atoms with Crippen molar-refractivity contribution in [2.24, 2.45) is 0 Å². The Morgan fingerprint density at radius 2 is 1.86 bits per heavy atom. The summed E-state index contributed by atoms with van der Waals surface area (Å²) >= 11 is 6.03. The van der Waals surface area contributed by atoms with Gasteiger partial charge >= 0.3 is 0 Å². The van der Waals surface area contributed by atoms with E-state index in [2.05, 4.69) is 4.90 Å². The minimum atomic E-state index is -4.18. The van der Waals surface area contributed by atoms with E-state index < -0.39 is 27.3 Å². The lowest BCUT2D eigenvalue weighted by atomic mass is 10.1. The molecule has 0 spiro atoms. The molecule has 2 amide bonds. The molecule has 1 aliphatic rings. The Balaban J connectivity index is 1.59. The molecule has 0 aliphatic carbocycles. The number of amides is 2. The van der Waals surface area contributed by atoms with Crippen molar-refractivity contribution in [3.63, 3.8) is 0 Å². The van der Waals surface area contributed by atoms with Crippen LogP contribution in [0, 0.1) is 5.82 Å². The molecule has 0 radical (unpaired) electrons. The number of carbonyl (C=O) groups is 2. The van der Waals surface area contributed by atoms with Crippen LogP contribution in [0.15, 0.2) is 42.5 Å². The van der Waals surface area contributed by atoms with Crippen molar-refractivity contribution in [1.82, 2.24) is 14.5 Å². The maximum absolute atomic E-state index is 13.1. The summed E-state index contributed by atoms with van der Waals surface area (Å²) in [5.41, 5.74) is -0.735. The van der Waals surface area contributed by atoms with Crippen molar-refractivity contribution >= 4 is 33.4 Å². The van der Waals surface area contributed by atoms with E-state index in [0.29, 0.717) is 26.2 Å². The van der Waals surface area contributed by atoms with E-state index in [9.17, 15) is 27.5 Å². The first kappa shape index (κ1) is 28.8. The third-order valence-electron chi connectivity index (χ3n) is 5.87. The van der Waals surface area contributed by atoms with Crippen molar-refractivity contribution in [2.75, 3.05) is 26.2 Å². The summed E-state index contributed by atoms with van der Waals surface area (Å²) in [4.78, 5) is 28.7. The number of hydrogen-bond donors (Lipinski definition) is 2. The summed E-state index contributed by atoms with van der Waals surface area (Å²) in [6.45, 7) is 6.35. The molecule has 1 atom stereocenters. The van der Waals surface area contributed by atoms with Gasteiger partial charge in [-0.2, -0.15) is 0 Å². The summed E-state index contributed by atoms with van der Waals surface area (Å²) in [5, 5.41) is 9.98. The van der Waals surface area contributed by atoms with Crippen LogP contribution in [0.1, 0.15) is 31.9 Å². The van der Waals surface area contributed by atoms with Gasteiger partial charge < -0.3 is 14.7 Å². The van der Waals surface area contributed by atoms with Crippen molar-refractivity contribution in [2.45, 2.75) is 44.7 Å². The maximum atomic E-state index is 13.1. The number of nitrogens with zero attached hydrogens (tertiary/aromatic N) is 2. The Morgan fingerprint density at radius 1 is 1.19 bits per heavy atom. The minimum absolute atomic E-state index is 0.0904. The molecule has 2 N–H and O–H groups in total. The number of sulfonamides is 1. The fourth-order valence-corrected chi connectivity index (χ4v) is 5.36. The van der Waals surface area contributed by atoms with Crippen LogP contribution in [0.4, 0.5) is 4.39 Å². The van der Waals surface area contributed by atoms with Gasteiger partial charge in [-0.05, 0) is 56.7 Å². The summed E-state index contributed by atoms with van der Waals surface area (Å²) in [5.74, 6) is -2.11. The van der Waals surface area contributed by atoms with E-state index in [1.165, 1.54) is 44.2 Å². The Morgan fingerprint density at radius 3 is 2.49 bits per heavy atom. The van der Waals surface area contributed by atoms with E-state index in [-0.39, 0.29) is 40.7 Å². The Labute approximate surface area is 221 Å². The second kappa shape index (κ2) is 11.8. The van der Waals surface area contributed by atoms with Gasteiger partial charge in [0.25, 0.3) is 11.8 Å². The predicted molar refractivity (Wildman–Crippen MR) is 137 cm³/mol. The number of rotatable bonds is 9. The van der Waals surface area contributed by atoms with Gasteiger partial charge in [-0.1, -0.05) is 23.7 Å². The average molecular weight is 556 g/mol. The third-order valence-corrected chi connectivity index (χ3v) is 7.30. The van der Waals surface area contributed by atoms with Gasteiger partial charge in [0.15, 0.2) is 6.61 Å². The lowest BCUT2D eigenvalue weighted by Gasteiger charge is -2.39. The highest BCUT2D eigenvalue weighted by Gasteiger charge is 2.30. The zero-order valence-electron chi connectivity index (χ0n) is 20.9. The molecule has 1 fully saturated rings. The molecule has 202 valence electrons. The van der Waals surface area contributed by atoms with Crippen molar-refractivity contribution in [3.8, 4) is 5.75 Å². The summed E-state index contributed by atoms with van der Waals surface area (Å²) in [6, 6.07) is 10.6. The standard InChI is InChI=1S/C25H31ClFN3O6S/c1-17-13-29(14-18-4-7-21(27)8-5-18)10-11-30(17)23(31)15-36-22-9-6-20(26)12-19(22)16-37(34,35)28-24(32)25(2,3)33/h4-9,12,17,33H,10-11,13-16H2,1-3H3,(H,28,32)/t17-/m1/s1. The van der Waals surface area contributed by atoms with Gasteiger partial charge in [-0.3, -0.25) is 19.2 Å². The first-order chi connectivity index (χ1) is 17.2. The molecule has 9 nitrogen and oxygen atoms in total. The van der Waals surface area contributed by atoms with Gasteiger partial charge in [-0.15, -0.1) is 0 Å². The molecule has 0 bridgehead atoms. The van der Waals surface area contributed by atoms with Crippen LogP contribution in [0.3, 0.4) is 0 Å². The lowest BCUT2D eigenvalue weighted by Crippen LogP contribution is -2.54. The van der Waals surface area contributed by atoms with Gasteiger partial charge in [-0.25, -0.2) is 12.8 Å². The van der Waals surface area contributed by atoms with E-state index >= 15 is 0 Å². The highest BCUT2D eigenvalue weighted by Crippen LogP contribution is 2.25. The lowest BCUT2D eigenvalue weighted by molar-refractivity contribution is -0.138. The van der Waals surface area contributed by atoms with E-state index in [4.69, 9.17) is 16.3 Å². The normalized spacial score (nSPS) is 16.9. The topological polar surface area (TPSA) is 116 Å². The second-order valence-electron chi connectivity index (χ2n) is 9.59. The smallest absolute Gasteiger partial charge is 0.264 e. The molecular weight excluding hydrogens is 525 g/mol. The Bertz CT molecular complexity index is 1230. The molecular formula is C25H31ClFN3O6S. The molecule has 0 unspecified atom stereocenters. The highest BCUT2D eigenvalue weighted by atomic mass is 35.5. The molecule has 1 aliphatic heterocycles. The van der Waals surface area contributed by atoms with Crippen LogP contribution >= 0.6 is 11.6 Å². The first-order valence-electron chi connectivity index (χ1n) is 11.7. The summed E-state index contributed by atoms with van der Waals surface area (Å²) in [7, 11) is -4.18. The number of halogens is 2. The van der Waals surface area contributed by atoms with E-state index in [1.807, 2.05) is 11.6 Å². The van der Waals surface area contributed by atoms with Crippen LogP contribution in [0.2, 0.25) is 5.02 Å². The monoisotopic (exact) mass is 555 g/mol. The molecule has 2 aromatic carbocycles. The Kier molecular flexibility index (Phi) is 9.17. The molecule has 1 saturated heterocycles. The average Bonchev–Trinajstić information content (AvgIpc) is 2.79. The number of carbonyl (C=O) groups excluding carboxylic acids is 2. The van der Waals surface area contributed by atoms with Crippen molar-refractivity contribution in [1.29, 1.82) is 0 Å². The predicted octanol–water partition coefficient (Wildman–Crippen LogP) is 2.31. The van der Waals surface area contributed by atoms with Gasteiger partial charge in [0.05, 0.1) is 5.75 Å². The number of hydrogen-bond acceptors (Lipinski definition) is 7. The number of aliphatic hydroxyl groups is 1. The van der Waals surface area contributed by atoms with E-state index in [0.717, 1.165) is 5.56 Å². The minimum Gasteiger partial charge on any atom is -0.483 e. The van der Waals surface area contributed by atoms with Gasteiger partial charge in [0.2, 0.25) is 10.0 Å². The molecule has 0 aromatic heterocycles. The zero-order valence-corrected chi connectivity index (χ0v) is 22.5. The van der Waals surface area contributed by atoms with Crippen molar-refractivity contribution < 1.29 is 32.2 Å². The van der Waals surface area contributed by atoms with E-state index in [1.54, 1.807) is 17.0 Å². The molecule has 2 aromatic rings. The number of piperazine rings is 1. The van der Waals surface area contributed by atoms with Crippen LogP contribution in [0.25, 0.3) is 0 Å². The number of nitrogens with one attached hydrogen (secondary N) is 1. The number of ether oxygens (including phenoxy) is 1. The summed E-state index contributed by atoms with van der Waals surface area (Å²) < 4.78 is 45.6. The summed E-state index contributed by atoms with van der Waals surface area (Å²) in [6.07, 6.45) is 0. The molecule has 0 saturated carbocycles.